The zero-order valence-corrected chi connectivity index (χ0v) is 13.1. The Morgan fingerprint density at radius 3 is 2.40 bits per heavy atom. The molecule has 1 N–H and O–H groups in total. The Kier molecular flexibility index (Phi) is 5.61. The van der Waals surface area contributed by atoms with Gasteiger partial charge in [-0.15, -0.1) is 0 Å². The first kappa shape index (κ1) is 15.5. The summed E-state index contributed by atoms with van der Waals surface area (Å²) in [7, 11) is -3.12. The van der Waals surface area contributed by atoms with Crippen LogP contribution in [0.15, 0.2) is 29.2 Å². The van der Waals surface area contributed by atoms with Crippen LogP contribution in [-0.2, 0) is 9.84 Å². The molecule has 0 saturated heterocycles. The molecule has 3 nitrogen and oxygen atoms in total. The van der Waals surface area contributed by atoms with Crippen molar-refractivity contribution in [3.63, 3.8) is 0 Å². The zero-order valence-electron chi connectivity index (χ0n) is 12.3. The summed E-state index contributed by atoms with van der Waals surface area (Å²) in [4.78, 5) is 0.445. The summed E-state index contributed by atoms with van der Waals surface area (Å²) in [5.41, 5.74) is 1.09. The number of benzene rings is 1. The van der Waals surface area contributed by atoms with Crippen LogP contribution in [-0.4, -0.2) is 26.8 Å². The van der Waals surface area contributed by atoms with Crippen molar-refractivity contribution < 1.29 is 8.42 Å². The molecule has 4 heteroatoms. The molecule has 0 radical (unpaired) electrons. The van der Waals surface area contributed by atoms with Gasteiger partial charge in [0.1, 0.15) is 0 Å². The van der Waals surface area contributed by atoms with Crippen molar-refractivity contribution in [3.8, 4) is 0 Å². The van der Waals surface area contributed by atoms with Gasteiger partial charge in [0.2, 0.25) is 0 Å². The summed E-state index contributed by atoms with van der Waals surface area (Å²) >= 11 is 0. The average Bonchev–Trinajstić information content (AvgIpc) is 2.45. The summed E-state index contributed by atoms with van der Waals surface area (Å²) in [6.45, 7) is 2.76. The van der Waals surface area contributed by atoms with E-state index in [0.29, 0.717) is 17.4 Å². The Balaban J connectivity index is 1.76. The minimum absolute atomic E-state index is 0.232. The van der Waals surface area contributed by atoms with E-state index >= 15 is 0 Å². The Hall–Kier alpha value is -0.870. The second kappa shape index (κ2) is 7.23. The van der Waals surface area contributed by atoms with Crippen LogP contribution in [0.2, 0.25) is 0 Å². The number of hydrogen-bond acceptors (Lipinski definition) is 3. The minimum atomic E-state index is -3.12. The average molecular weight is 295 g/mol. The van der Waals surface area contributed by atoms with Gasteiger partial charge in [0, 0.05) is 6.04 Å². The van der Waals surface area contributed by atoms with Crippen LogP contribution in [0.1, 0.15) is 44.1 Å². The molecule has 1 aromatic rings. The quantitative estimate of drug-likeness (QED) is 0.820. The fourth-order valence-corrected chi connectivity index (χ4v) is 4.05. The van der Waals surface area contributed by atoms with Gasteiger partial charge < -0.3 is 5.32 Å². The molecule has 1 aromatic carbocycles. The lowest BCUT2D eigenvalue weighted by Crippen LogP contribution is -2.32. The summed E-state index contributed by atoms with van der Waals surface area (Å²) in [6.07, 6.45) is 7.13. The van der Waals surface area contributed by atoms with Crippen molar-refractivity contribution in [3.05, 3.63) is 29.8 Å². The van der Waals surface area contributed by atoms with Gasteiger partial charge in [0.15, 0.2) is 9.84 Å². The fourth-order valence-electron chi connectivity index (χ4n) is 2.74. The van der Waals surface area contributed by atoms with E-state index in [0.717, 1.165) is 12.1 Å². The summed E-state index contributed by atoms with van der Waals surface area (Å²) in [5, 5.41) is 3.49. The normalized spacial score (nSPS) is 17.2. The van der Waals surface area contributed by atoms with Gasteiger partial charge in [-0.25, -0.2) is 8.42 Å². The first-order valence-electron chi connectivity index (χ1n) is 7.61. The Morgan fingerprint density at radius 1 is 1.10 bits per heavy atom. The third-order valence-electron chi connectivity index (χ3n) is 4.01. The molecule has 0 spiro atoms. The van der Waals surface area contributed by atoms with Crippen LogP contribution in [0, 0.1) is 6.92 Å². The Bertz CT molecular complexity index is 502. The first-order chi connectivity index (χ1) is 9.58. The van der Waals surface area contributed by atoms with Gasteiger partial charge in [0.05, 0.1) is 10.6 Å². The van der Waals surface area contributed by atoms with Crippen molar-refractivity contribution >= 4 is 9.84 Å². The molecule has 0 aliphatic heterocycles. The lowest BCUT2D eigenvalue weighted by Gasteiger charge is -2.22. The van der Waals surface area contributed by atoms with Crippen LogP contribution < -0.4 is 5.32 Å². The molecule has 0 heterocycles. The standard InChI is InChI=1S/C16H25NO2S/c1-14-8-10-16(11-9-14)20(18,19)13-5-12-17-15-6-3-2-4-7-15/h8-11,15,17H,2-7,12-13H2,1H3. The molecular weight excluding hydrogens is 270 g/mol. The van der Waals surface area contributed by atoms with E-state index in [-0.39, 0.29) is 5.75 Å². The SMILES string of the molecule is Cc1ccc(S(=O)(=O)CCCNC2CCCCC2)cc1. The van der Waals surface area contributed by atoms with E-state index in [1.54, 1.807) is 12.1 Å². The van der Waals surface area contributed by atoms with Crippen LogP contribution in [0.3, 0.4) is 0 Å². The summed E-state index contributed by atoms with van der Waals surface area (Å²) in [6, 6.07) is 7.73. The van der Waals surface area contributed by atoms with Crippen molar-refractivity contribution in [2.24, 2.45) is 0 Å². The molecule has 0 bridgehead atoms. The summed E-state index contributed by atoms with van der Waals surface area (Å²) in [5.74, 6) is 0.232. The minimum Gasteiger partial charge on any atom is -0.314 e. The number of rotatable bonds is 6. The third kappa shape index (κ3) is 4.60. The van der Waals surface area contributed by atoms with Gasteiger partial charge in [-0.1, -0.05) is 37.0 Å². The lowest BCUT2D eigenvalue weighted by atomic mass is 9.95. The second-order valence-corrected chi connectivity index (χ2v) is 7.88. The molecule has 1 saturated carbocycles. The van der Waals surface area contributed by atoms with E-state index in [1.165, 1.54) is 32.1 Å². The number of sulfone groups is 1. The maximum atomic E-state index is 12.2. The van der Waals surface area contributed by atoms with Gasteiger partial charge in [0.25, 0.3) is 0 Å². The molecule has 0 aromatic heterocycles. The van der Waals surface area contributed by atoms with Gasteiger partial charge >= 0.3 is 0 Å². The van der Waals surface area contributed by atoms with Crippen LogP contribution in [0.25, 0.3) is 0 Å². The third-order valence-corrected chi connectivity index (χ3v) is 5.82. The first-order valence-corrected chi connectivity index (χ1v) is 9.26. The molecule has 0 atom stereocenters. The molecular formula is C16H25NO2S. The van der Waals surface area contributed by atoms with Gasteiger partial charge in [-0.05, 0) is 44.9 Å². The number of nitrogens with one attached hydrogen (secondary N) is 1. The largest absolute Gasteiger partial charge is 0.314 e. The highest BCUT2D eigenvalue weighted by Gasteiger charge is 2.15. The summed E-state index contributed by atoms with van der Waals surface area (Å²) < 4.78 is 24.3. The number of aryl methyl sites for hydroxylation is 1. The predicted octanol–water partition coefficient (Wildman–Crippen LogP) is 3.08. The molecule has 1 aliphatic carbocycles. The van der Waals surface area contributed by atoms with E-state index < -0.39 is 9.84 Å². The monoisotopic (exact) mass is 295 g/mol. The molecule has 2 rings (SSSR count). The van der Waals surface area contributed by atoms with Crippen molar-refractivity contribution in [2.45, 2.75) is 56.4 Å². The van der Waals surface area contributed by atoms with Crippen molar-refractivity contribution in [2.75, 3.05) is 12.3 Å². The maximum Gasteiger partial charge on any atom is 0.178 e. The van der Waals surface area contributed by atoms with E-state index in [2.05, 4.69) is 5.32 Å². The molecule has 112 valence electrons. The van der Waals surface area contributed by atoms with E-state index in [9.17, 15) is 8.42 Å². The van der Waals surface area contributed by atoms with Gasteiger partial charge in [-0.2, -0.15) is 0 Å². The van der Waals surface area contributed by atoms with E-state index in [4.69, 9.17) is 0 Å². The molecule has 0 amide bonds. The highest BCUT2D eigenvalue weighted by Crippen LogP contribution is 2.17. The smallest absolute Gasteiger partial charge is 0.178 e. The van der Waals surface area contributed by atoms with Crippen LogP contribution in [0.4, 0.5) is 0 Å². The topological polar surface area (TPSA) is 46.2 Å². The lowest BCUT2D eigenvalue weighted by molar-refractivity contribution is 0.374. The molecule has 1 fully saturated rings. The molecule has 0 unspecified atom stereocenters. The molecule has 20 heavy (non-hydrogen) atoms. The maximum absolute atomic E-state index is 12.2. The van der Waals surface area contributed by atoms with E-state index in [1.807, 2.05) is 19.1 Å². The number of hydrogen-bond donors (Lipinski definition) is 1. The predicted molar refractivity (Wildman–Crippen MR) is 82.7 cm³/mol. The Morgan fingerprint density at radius 2 is 1.75 bits per heavy atom. The van der Waals surface area contributed by atoms with Crippen molar-refractivity contribution in [1.29, 1.82) is 0 Å². The van der Waals surface area contributed by atoms with Crippen molar-refractivity contribution in [1.82, 2.24) is 5.32 Å². The van der Waals surface area contributed by atoms with Gasteiger partial charge in [-0.3, -0.25) is 0 Å². The second-order valence-electron chi connectivity index (χ2n) is 5.77. The Labute approximate surface area is 122 Å². The highest BCUT2D eigenvalue weighted by atomic mass is 32.2. The van der Waals surface area contributed by atoms with Crippen LogP contribution in [0.5, 0.6) is 0 Å². The van der Waals surface area contributed by atoms with Crippen LogP contribution >= 0.6 is 0 Å². The fraction of sp³-hybridized carbons (Fsp3) is 0.625. The molecule has 1 aliphatic rings. The zero-order chi connectivity index (χ0) is 14.4. The highest BCUT2D eigenvalue weighted by molar-refractivity contribution is 7.91.